The number of fused-ring (bicyclic) bond motifs is 7. The summed E-state index contributed by atoms with van der Waals surface area (Å²) >= 11 is 0.544. The molecule has 1 aliphatic heterocycles. The molecule has 1 unspecified atom stereocenters. The molecule has 1 heterocycles. The van der Waals surface area contributed by atoms with Crippen LogP contribution in [-0.2, 0) is 21.0 Å². The zero-order valence-corrected chi connectivity index (χ0v) is 23.1. The average Bonchev–Trinajstić information content (AvgIpc) is 3.35. The van der Waals surface area contributed by atoms with E-state index in [-0.39, 0.29) is 24.3 Å². The van der Waals surface area contributed by atoms with Gasteiger partial charge in [-0.05, 0) is 62.3 Å². The topological polar surface area (TPSA) is 66.8 Å². The Balaban J connectivity index is 1.40. The average molecular weight is 562 g/mol. The minimum absolute atomic E-state index is 0.0638. The second-order valence-corrected chi connectivity index (χ2v) is 13.3. The number of aryl methyl sites for hydroxylation is 1. The number of carbonyl (C=O) groups excluding carboxylic acids is 2. The van der Waals surface area contributed by atoms with Crippen molar-refractivity contribution in [2.45, 2.75) is 70.1 Å². The van der Waals surface area contributed by atoms with E-state index < -0.39 is 63.1 Å². The molecule has 3 saturated carbocycles. The molecule has 0 aromatic heterocycles. The lowest BCUT2D eigenvalue weighted by molar-refractivity contribution is -0.266. The highest BCUT2D eigenvalue weighted by atomic mass is 32.2. The predicted octanol–water partition coefficient (Wildman–Crippen LogP) is 5.21. The minimum Gasteiger partial charge on any atom is -0.390 e. The van der Waals surface area contributed by atoms with Crippen LogP contribution in [0, 0.1) is 35.5 Å². The van der Waals surface area contributed by atoms with E-state index in [0.29, 0.717) is 31.3 Å². The van der Waals surface area contributed by atoms with Crippen LogP contribution in [0.3, 0.4) is 0 Å². The van der Waals surface area contributed by atoms with Crippen molar-refractivity contribution in [3.05, 3.63) is 59.2 Å². The number of allylic oxidation sites excluding steroid dienone is 4. The maximum atomic E-state index is 17.5. The zero-order chi connectivity index (χ0) is 28.0. The molecular formula is C30H34F3NO4S. The van der Waals surface area contributed by atoms with E-state index in [0.717, 1.165) is 11.1 Å². The predicted molar refractivity (Wildman–Crippen MR) is 141 cm³/mol. The molecule has 39 heavy (non-hydrogen) atoms. The van der Waals surface area contributed by atoms with Crippen LogP contribution in [0.4, 0.5) is 13.2 Å². The Bertz CT molecular complexity index is 1290. The highest BCUT2D eigenvalue weighted by Gasteiger charge is 2.79. The monoisotopic (exact) mass is 561 g/mol. The van der Waals surface area contributed by atoms with Gasteiger partial charge in [-0.1, -0.05) is 54.6 Å². The van der Waals surface area contributed by atoms with Crippen LogP contribution in [0.1, 0.15) is 44.2 Å². The van der Waals surface area contributed by atoms with Gasteiger partial charge < -0.3 is 5.11 Å². The molecule has 5 nitrogen and oxygen atoms in total. The molecule has 5 aliphatic rings. The second-order valence-electron chi connectivity index (χ2n) is 12.5. The Morgan fingerprint density at radius 1 is 1.26 bits per heavy atom. The molecule has 1 aromatic carbocycles. The van der Waals surface area contributed by atoms with Crippen LogP contribution in [0.2, 0.25) is 0 Å². The number of alkyl halides is 3. The maximum absolute atomic E-state index is 17.5. The highest BCUT2D eigenvalue weighted by Crippen LogP contribution is 2.73. The number of hydrogen-bond donors (Lipinski definition) is 1. The summed E-state index contributed by atoms with van der Waals surface area (Å²) in [7, 11) is 0. The number of halogens is 3. The Morgan fingerprint density at radius 2 is 2.03 bits per heavy atom. The van der Waals surface area contributed by atoms with Crippen LogP contribution >= 0.6 is 11.8 Å². The number of thioether (sulfide) groups is 1. The number of aliphatic hydroxyl groups is 1. The standard InChI is InChI=1S/C30H34F3NO4S/c1-17-5-4-6-18(9-17)14-34-15-19-10-21-22-12-24(32)23-11-20(35)7-8-27(23,2)29(22,33)25(36)13-28(21,3)30(19,38-34)26(37)39-16-31/h4-9,11,19,21-22,24-25,36H,10,12-16H2,1-3H3/t19-,21-,22-,24-,25-,27-,28?,29-,30-/m0/s1. The van der Waals surface area contributed by atoms with Gasteiger partial charge in [0.05, 0.1) is 6.10 Å². The SMILES string of the molecule is Cc1cccc(CN2C[C@@H]3C[C@H]4[C@@H]5C[C@H](F)C6=CC(=O)C=C[C@]6(C)[C@@]5(F)[C@@H](O)CC4(C)[C@]3(C(=O)SCF)O2)c1. The zero-order valence-electron chi connectivity index (χ0n) is 22.3. The van der Waals surface area contributed by atoms with Crippen molar-refractivity contribution in [2.24, 2.45) is 28.6 Å². The third kappa shape index (κ3) is 3.52. The van der Waals surface area contributed by atoms with Gasteiger partial charge in [0.25, 0.3) is 0 Å². The van der Waals surface area contributed by atoms with Gasteiger partial charge in [-0.2, -0.15) is 5.06 Å². The molecular weight excluding hydrogens is 527 g/mol. The summed E-state index contributed by atoms with van der Waals surface area (Å²) in [6, 6.07) is 7.02. The van der Waals surface area contributed by atoms with Gasteiger partial charge in [-0.25, -0.2) is 13.2 Å². The fraction of sp³-hybridized carbons (Fsp3) is 0.600. The lowest BCUT2D eigenvalue weighted by atomic mass is 9.44. The van der Waals surface area contributed by atoms with Gasteiger partial charge in [-0.3, -0.25) is 14.4 Å². The molecule has 0 spiro atoms. The summed E-state index contributed by atoms with van der Waals surface area (Å²) in [5, 5.41) is 12.9. The molecule has 1 saturated heterocycles. The number of carbonyl (C=O) groups is 2. The first-order valence-electron chi connectivity index (χ1n) is 13.6. The lowest BCUT2D eigenvalue weighted by Crippen LogP contribution is -2.70. The van der Waals surface area contributed by atoms with Crippen LogP contribution in [0.15, 0.2) is 48.1 Å². The molecule has 4 fully saturated rings. The third-order valence-electron chi connectivity index (χ3n) is 10.6. The van der Waals surface area contributed by atoms with Crippen molar-refractivity contribution in [1.29, 1.82) is 0 Å². The smallest absolute Gasteiger partial charge is 0.226 e. The second kappa shape index (κ2) is 9.03. The molecule has 9 atom stereocenters. The molecule has 6 rings (SSSR count). The van der Waals surface area contributed by atoms with Gasteiger partial charge >= 0.3 is 0 Å². The number of benzene rings is 1. The molecule has 0 amide bonds. The number of nitrogens with zero attached hydrogens (tertiary/aromatic N) is 1. The van der Waals surface area contributed by atoms with Gasteiger partial charge in [0.2, 0.25) is 5.12 Å². The molecule has 9 heteroatoms. The number of hydrogen-bond acceptors (Lipinski definition) is 6. The van der Waals surface area contributed by atoms with Gasteiger partial charge in [-0.15, -0.1) is 0 Å². The molecule has 210 valence electrons. The van der Waals surface area contributed by atoms with E-state index in [1.807, 2.05) is 38.1 Å². The number of aliphatic hydroxyl groups excluding tert-OH is 1. The van der Waals surface area contributed by atoms with E-state index >= 15 is 8.78 Å². The fourth-order valence-electron chi connectivity index (χ4n) is 8.93. The summed E-state index contributed by atoms with van der Waals surface area (Å²) in [5.41, 5.74) is -4.10. The van der Waals surface area contributed by atoms with Gasteiger partial charge in [0.15, 0.2) is 17.1 Å². The summed E-state index contributed by atoms with van der Waals surface area (Å²) in [6.07, 6.45) is 0.822. The van der Waals surface area contributed by atoms with Crippen LogP contribution in [0.25, 0.3) is 0 Å². The Morgan fingerprint density at radius 3 is 2.74 bits per heavy atom. The van der Waals surface area contributed by atoms with Gasteiger partial charge in [0.1, 0.15) is 12.2 Å². The van der Waals surface area contributed by atoms with Crippen LogP contribution in [0.5, 0.6) is 0 Å². The van der Waals surface area contributed by atoms with Gasteiger partial charge in [0, 0.05) is 35.8 Å². The largest absolute Gasteiger partial charge is 0.390 e. The third-order valence-corrected chi connectivity index (χ3v) is 11.3. The number of rotatable bonds is 4. The molecule has 0 radical (unpaired) electrons. The van der Waals surface area contributed by atoms with Crippen LogP contribution in [-0.4, -0.2) is 57.2 Å². The minimum atomic E-state index is -2.24. The Labute approximate surface area is 230 Å². The first-order chi connectivity index (χ1) is 18.4. The highest BCUT2D eigenvalue weighted by molar-refractivity contribution is 8.13. The normalized spacial score (nSPS) is 44.8. The fourth-order valence-corrected chi connectivity index (χ4v) is 9.68. The summed E-state index contributed by atoms with van der Waals surface area (Å²) in [6.45, 7) is 6.18. The van der Waals surface area contributed by atoms with Crippen molar-refractivity contribution < 1.29 is 32.7 Å². The van der Waals surface area contributed by atoms with E-state index in [9.17, 15) is 19.1 Å². The Kier molecular flexibility index (Phi) is 6.31. The van der Waals surface area contributed by atoms with Crippen molar-refractivity contribution in [2.75, 3.05) is 12.6 Å². The van der Waals surface area contributed by atoms with E-state index in [1.165, 1.54) is 18.2 Å². The first kappa shape index (κ1) is 27.2. The summed E-state index contributed by atoms with van der Waals surface area (Å²) < 4.78 is 46.8. The summed E-state index contributed by atoms with van der Waals surface area (Å²) in [5.74, 6) is -2.16. The molecule has 1 aromatic rings. The molecule has 1 N–H and O–H groups in total. The first-order valence-corrected chi connectivity index (χ1v) is 14.6. The van der Waals surface area contributed by atoms with E-state index in [1.54, 1.807) is 12.0 Å². The van der Waals surface area contributed by atoms with E-state index in [2.05, 4.69) is 0 Å². The Hall–Kier alpha value is -1.94. The van der Waals surface area contributed by atoms with E-state index in [4.69, 9.17) is 4.84 Å². The van der Waals surface area contributed by atoms with Crippen molar-refractivity contribution in [3.63, 3.8) is 0 Å². The maximum Gasteiger partial charge on any atom is 0.226 e. The summed E-state index contributed by atoms with van der Waals surface area (Å²) in [4.78, 5) is 32.4. The molecule has 4 aliphatic carbocycles. The lowest BCUT2D eigenvalue weighted by Gasteiger charge is -2.63. The van der Waals surface area contributed by atoms with Crippen molar-refractivity contribution in [3.8, 4) is 0 Å². The van der Waals surface area contributed by atoms with Crippen molar-refractivity contribution in [1.82, 2.24) is 5.06 Å². The number of ketones is 1. The van der Waals surface area contributed by atoms with Crippen LogP contribution < -0.4 is 0 Å². The van der Waals surface area contributed by atoms with Crippen molar-refractivity contribution >= 4 is 22.7 Å². The molecule has 0 bridgehead atoms. The quantitative estimate of drug-likeness (QED) is 0.545. The number of hydroxylamine groups is 2.